The smallest absolute Gasteiger partial charge is 0.269 e. The Labute approximate surface area is 172 Å². The number of benzene rings is 2. The lowest BCUT2D eigenvalue weighted by Crippen LogP contribution is -2.31. The molecule has 2 heterocycles. The van der Waals surface area contributed by atoms with Crippen LogP contribution in [-0.4, -0.2) is 48.0 Å². The van der Waals surface area contributed by atoms with Crippen LogP contribution in [0.2, 0.25) is 5.02 Å². The Morgan fingerprint density at radius 3 is 2.72 bits per heavy atom. The van der Waals surface area contributed by atoms with Gasteiger partial charge in [0.15, 0.2) is 0 Å². The molecule has 2 aromatic heterocycles. The number of aromatic nitrogens is 2. The first kappa shape index (κ1) is 19.4. The number of fused-ring (bicyclic) bond motifs is 3. The second-order valence-electron chi connectivity index (χ2n) is 7.14. The number of carbonyl (C=O) groups is 1. The van der Waals surface area contributed by atoms with Crippen molar-refractivity contribution in [3.63, 3.8) is 0 Å². The normalized spacial score (nSPS) is 11.5. The molecule has 5 nitrogen and oxygen atoms in total. The van der Waals surface area contributed by atoms with Gasteiger partial charge in [0, 0.05) is 34.9 Å². The molecule has 4 aromatic rings. The van der Waals surface area contributed by atoms with E-state index in [0.717, 1.165) is 28.4 Å². The van der Waals surface area contributed by atoms with E-state index in [4.69, 9.17) is 11.6 Å². The van der Waals surface area contributed by atoms with Gasteiger partial charge in [0.05, 0.1) is 16.2 Å². The standard InChI is InChI=1S/C22H20ClFN4O/c1-28(2)10-9-25-22(29)19-12-15-14-5-3-4-6-18(14)26-21(15)20(27-19)13-7-8-16(23)17(24)11-13/h3-8,11-12,26H,9-10H2,1-2H3,(H,25,29). The Balaban J connectivity index is 1.88. The highest BCUT2D eigenvalue weighted by atomic mass is 35.5. The highest BCUT2D eigenvalue weighted by Crippen LogP contribution is 2.33. The van der Waals surface area contributed by atoms with Gasteiger partial charge in [-0.05, 0) is 38.4 Å². The number of nitrogens with zero attached hydrogens (tertiary/aromatic N) is 2. The Morgan fingerprint density at radius 1 is 1.17 bits per heavy atom. The maximum atomic E-state index is 14.1. The van der Waals surface area contributed by atoms with Crippen LogP contribution in [0.1, 0.15) is 10.5 Å². The number of hydrogen-bond acceptors (Lipinski definition) is 3. The summed E-state index contributed by atoms with van der Waals surface area (Å²) in [4.78, 5) is 22.6. The van der Waals surface area contributed by atoms with Crippen molar-refractivity contribution < 1.29 is 9.18 Å². The number of carbonyl (C=O) groups excluding carboxylic acids is 1. The van der Waals surface area contributed by atoms with Gasteiger partial charge in [0.25, 0.3) is 5.91 Å². The Kier molecular flexibility index (Phi) is 5.22. The van der Waals surface area contributed by atoms with Crippen LogP contribution in [0, 0.1) is 5.82 Å². The Morgan fingerprint density at radius 2 is 1.97 bits per heavy atom. The van der Waals surface area contributed by atoms with Gasteiger partial charge in [-0.15, -0.1) is 0 Å². The third-order valence-electron chi connectivity index (χ3n) is 4.77. The van der Waals surface area contributed by atoms with Crippen molar-refractivity contribution in [2.24, 2.45) is 0 Å². The van der Waals surface area contributed by atoms with Gasteiger partial charge in [0.2, 0.25) is 0 Å². The van der Waals surface area contributed by atoms with Crippen LogP contribution < -0.4 is 5.32 Å². The van der Waals surface area contributed by atoms with Crippen molar-refractivity contribution in [1.29, 1.82) is 0 Å². The molecule has 1 amide bonds. The number of nitrogens with one attached hydrogen (secondary N) is 2. The molecule has 0 aliphatic rings. The summed E-state index contributed by atoms with van der Waals surface area (Å²) in [7, 11) is 3.88. The molecule has 0 aliphatic heterocycles. The highest BCUT2D eigenvalue weighted by molar-refractivity contribution is 6.30. The SMILES string of the molecule is CN(C)CCNC(=O)c1cc2c([nH]c3ccccc32)c(-c2ccc(Cl)c(F)c2)n1. The van der Waals surface area contributed by atoms with Gasteiger partial charge >= 0.3 is 0 Å². The number of likely N-dealkylation sites (N-methyl/N-ethyl adjacent to an activating group) is 1. The lowest BCUT2D eigenvalue weighted by atomic mass is 10.1. The molecule has 0 bridgehead atoms. The summed E-state index contributed by atoms with van der Waals surface area (Å²) < 4.78 is 14.1. The molecule has 0 spiro atoms. The Bertz CT molecular complexity index is 1220. The van der Waals surface area contributed by atoms with Crippen LogP contribution in [0.4, 0.5) is 4.39 Å². The third-order valence-corrected chi connectivity index (χ3v) is 5.07. The quantitative estimate of drug-likeness (QED) is 0.510. The molecular weight excluding hydrogens is 391 g/mol. The summed E-state index contributed by atoms with van der Waals surface area (Å²) in [5.41, 5.74) is 3.01. The van der Waals surface area contributed by atoms with Gasteiger partial charge in [0.1, 0.15) is 11.5 Å². The number of amides is 1. The number of para-hydroxylation sites is 1. The molecule has 2 aromatic carbocycles. The van der Waals surface area contributed by atoms with Crippen molar-refractivity contribution in [1.82, 2.24) is 20.2 Å². The topological polar surface area (TPSA) is 61.0 Å². The van der Waals surface area contributed by atoms with Crippen molar-refractivity contribution >= 4 is 39.3 Å². The van der Waals surface area contributed by atoms with E-state index in [2.05, 4.69) is 15.3 Å². The molecule has 0 aliphatic carbocycles. The first-order valence-corrected chi connectivity index (χ1v) is 9.61. The van der Waals surface area contributed by atoms with E-state index < -0.39 is 5.82 Å². The minimum atomic E-state index is -0.531. The van der Waals surface area contributed by atoms with Crippen molar-refractivity contribution in [2.75, 3.05) is 27.2 Å². The van der Waals surface area contributed by atoms with E-state index in [1.54, 1.807) is 12.1 Å². The minimum Gasteiger partial charge on any atom is -0.353 e. The molecule has 7 heteroatoms. The zero-order valence-electron chi connectivity index (χ0n) is 16.1. The van der Waals surface area contributed by atoms with Crippen LogP contribution in [0.25, 0.3) is 33.1 Å². The highest BCUT2D eigenvalue weighted by Gasteiger charge is 2.17. The second kappa shape index (κ2) is 7.81. The zero-order valence-corrected chi connectivity index (χ0v) is 16.8. The summed E-state index contributed by atoms with van der Waals surface area (Å²) >= 11 is 5.84. The van der Waals surface area contributed by atoms with Gasteiger partial charge < -0.3 is 15.2 Å². The van der Waals surface area contributed by atoms with E-state index in [0.29, 0.717) is 17.8 Å². The van der Waals surface area contributed by atoms with Crippen molar-refractivity contribution in [3.8, 4) is 11.3 Å². The average Bonchev–Trinajstić information content (AvgIpc) is 3.07. The van der Waals surface area contributed by atoms with Gasteiger partial charge in [-0.1, -0.05) is 35.9 Å². The molecule has 0 unspecified atom stereocenters. The largest absolute Gasteiger partial charge is 0.353 e. The predicted octanol–water partition coefficient (Wildman–Crippen LogP) is 4.47. The van der Waals surface area contributed by atoms with Crippen LogP contribution in [0.5, 0.6) is 0 Å². The molecular formula is C22H20ClFN4O. The zero-order chi connectivity index (χ0) is 20.5. The molecule has 0 atom stereocenters. The van der Waals surface area contributed by atoms with E-state index >= 15 is 0 Å². The predicted molar refractivity (Wildman–Crippen MR) is 115 cm³/mol. The molecule has 0 saturated heterocycles. The molecule has 4 rings (SSSR count). The third kappa shape index (κ3) is 3.81. The van der Waals surface area contributed by atoms with Crippen LogP contribution >= 0.6 is 11.6 Å². The Hall–Kier alpha value is -2.96. The molecule has 29 heavy (non-hydrogen) atoms. The van der Waals surface area contributed by atoms with Gasteiger partial charge in [-0.25, -0.2) is 9.37 Å². The summed E-state index contributed by atoms with van der Waals surface area (Å²) in [5, 5.41) is 4.76. The summed E-state index contributed by atoms with van der Waals surface area (Å²) in [6, 6.07) is 14.1. The lowest BCUT2D eigenvalue weighted by Gasteiger charge is -2.11. The summed E-state index contributed by atoms with van der Waals surface area (Å²) in [6.07, 6.45) is 0. The fourth-order valence-corrected chi connectivity index (χ4v) is 3.42. The summed E-state index contributed by atoms with van der Waals surface area (Å²) in [5.74, 6) is -0.800. The molecule has 0 saturated carbocycles. The first-order chi connectivity index (χ1) is 13.9. The van der Waals surface area contributed by atoms with Crippen LogP contribution in [0.15, 0.2) is 48.5 Å². The van der Waals surface area contributed by atoms with Crippen molar-refractivity contribution in [2.45, 2.75) is 0 Å². The molecule has 2 N–H and O–H groups in total. The molecule has 0 fully saturated rings. The average molecular weight is 411 g/mol. The van der Waals surface area contributed by atoms with E-state index in [1.807, 2.05) is 43.3 Å². The number of halogens is 2. The second-order valence-corrected chi connectivity index (χ2v) is 7.54. The van der Waals surface area contributed by atoms with Crippen LogP contribution in [0.3, 0.4) is 0 Å². The maximum Gasteiger partial charge on any atom is 0.269 e. The van der Waals surface area contributed by atoms with Crippen molar-refractivity contribution in [3.05, 3.63) is 65.1 Å². The summed E-state index contributed by atoms with van der Waals surface area (Å²) in [6.45, 7) is 1.22. The fraction of sp³-hybridized carbons (Fsp3) is 0.182. The van der Waals surface area contributed by atoms with E-state index in [1.165, 1.54) is 12.1 Å². The number of H-pyrrole nitrogens is 1. The number of hydrogen-bond donors (Lipinski definition) is 2. The minimum absolute atomic E-state index is 0.0409. The van der Waals surface area contributed by atoms with Gasteiger partial charge in [-0.3, -0.25) is 4.79 Å². The van der Waals surface area contributed by atoms with E-state index in [9.17, 15) is 9.18 Å². The van der Waals surface area contributed by atoms with Gasteiger partial charge in [-0.2, -0.15) is 0 Å². The maximum absolute atomic E-state index is 14.1. The number of pyridine rings is 1. The fourth-order valence-electron chi connectivity index (χ4n) is 3.30. The lowest BCUT2D eigenvalue weighted by molar-refractivity contribution is 0.0946. The monoisotopic (exact) mass is 410 g/mol. The molecule has 0 radical (unpaired) electrons. The molecule has 148 valence electrons. The number of aromatic amines is 1. The van der Waals surface area contributed by atoms with Crippen LogP contribution in [-0.2, 0) is 0 Å². The van der Waals surface area contributed by atoms with E-state index in [-0.39, 0.29) is 16.6 Å². The number of rotatable bonds is 5. The first-order valence-electron chi connectivity index (χ1n) is 9.24.